The molecule has 2 aliphatic heterocycles. The Labute approximate surface area is 158 Å². The molecule has 140 valence electrons. The maximum atomic E-state index is 12.9. The van der Waals surface area contributed by atoms with Gasteiger partial charge in [0.2, 0.25) is 0 Å². The number of nitrogens with one attached hydrogen (secondary N) is 1. The summed E-state index contributed by atoms with van der Waals surface area (Å²) in [6.45, 7) is 8.67. The minimum Gasteiger partial charge on any atom is -0.346 e. The van der Waals surface area contributed by atoms with Crippen LogP contribution in [0.2, 0.25) is 0 Å². The maximum absolute atomic E-state index is 12.9. The van der Waals surface area contributed by atoms with Gasteiger partial charge in [-0.1, -0.05) is 13.8 Å². The van der Waals surface area contributed by atoms with Gasteiger partial charge in [-0.2, -0.15) is 0 Å². The minimum absolute atomic E-state index is 0.0943. The third-order valence-electron chi connectivity index (χ3n) is 5.88. The van der Waals surface area contributed by atoms with Crippen molar-refractivity contribution in [3.05, 3.63) is 46.8 Å². The van der Waals surface area contributed by atoms with E-state index in [0.29, 0.717) is 17.8 Å². The molecule has 1 N–H and O–H groups in total. The molecule has 6 heteroatoms. The lowest BCUT2D eigenvalue weighted by atomic mass is 9.82. The lowest BCUT2D eigenvalue weighted by Gasteiger charge is -2.43. The van der Waals surface area contributed by atoms with E-state index in [2.05, 4.69) is 39.8 Å². The molecular formula is C21H25N5O. The molecule has 0 saturated carbocycles. The maximum Gasteiger partial charge on any atom is 0.251 e. The lowest BCUT2D eigenvalue weighted by molar-refractivity contribution is 0.109. The van der Waals surface area contributed by atoms with Crippen LogP contribution in [0.3, 0.4) is 0 Å². The molecule has 2 aliphatic rings. The number of H-pyrrole nitrogens is 1. The second kappa shape index (κ2) is 6.30. The van der Waals surface area contributed by atoms with Crippen molar-refractivity contribution < 1.29 is 0 Å². The molecule has 2 atom stereocenters. The van der Waals surface area contributed by atoms with Crippen LogP contribution < -0.4 is 5.56 Å². The number of likely N-dealkylation sites (tertiary alicyclic amines) is 1. The zero-order valence-corrected chi connectivity index (χ0v) is 15.9. The van der Waals surface area contributed by atoms with E-state index in [1.165, 1.54) is 12.1 Å². The van der Waals surface area contributed by atoms with Crippen LogP contribution in [0.5, 0.6) is 0 Å². The molecule has 0 radical (unpaired) electrons. The molecule has 2 bridgehead atoms. The largest absolute Gasteiger partial charge is 0.346 e. The van der Waals surface area contributed by atoms with Crippen LogP contribution in [0.1, 0.15) is 31.9 Å². The number of piperidine rings is 1. The van der Waals surface area contributed by atoms with Crippen LogP contribution >= 0.6 is 0 Å². The predicted molar refractivity (Wildman–Crippen MR) is 106 cm³/mol. The van der Waals surface area contributed by atoms with Crippen molar-refractivity contribution in [1.82, 2.24) is 24.4 Å². The fourth-order valence-electron chi connectivity index (χ4n) is 4.96. The standard InChI is InChI=1S/C21H25N5O/c1-13(2)8-25-9-14-5-16(11-25)18-6-15(7-19(27)26(18)10-14)20-17-3-4-22-21(17)24-12-23-20/h3-4,6-7,12-14,16H,5,8-11H2,1-2H3,(H,22,23,24)/t14-,16+/m0/s1. The zero-order chi connectivity index (χ0) is 18.5. The van der Waals surface area contributed by atoms with Crippen molar-refractivity contribution in [2.24, 2.45) is 11.8 Å². The summed E-state index contributed by atoms with van der Waals surface area (Å²) in [5.74, 6) is 1.67. The third-order valence-corrected chi connectivity index (χ3v) is 5.88. The number of nitrogens with zero attached hydrogens (tertiary/aromatic N) is 4. The van der Waals surface area contributed by atoms with Gasteiger partial charge in [0, 0.05) is 61.0 Å². The number of aromatic amines is 1. The molecule has 0 amide bonds. The molecule has 27 heavy (non-hydrogen) atoms. The molecule has 1 fully saturated rings. The van der Waals surface area contributed by atoms with Gasteiger partial charge in [0.05, 0.1) is 5.69 Å². The highest BCUT2D eigenvalue weighted by molar-refractivity contribution is 5.90. The molecule has 5 heterocycles. The van der Waals surface area contributed by atoms with Gasteiger partial charge in [-0.05, 0) is 30.4 Å². The summed E-state index contributed by atoms with van der Waals surface area (Å²) in [5, 5.41) is 0.959. The average molecular weight is 363 g/mol. The van der Waals surface area contributed by atoms with Crippen LogP contribution in [0.4, 0.5) is 0 Å². The Morgan fingerprint density at radius 2 is 2.11 bits per heavy atom. The number of hydrogen-bond acceptors (Lipinski definition) is 4. The van der Waals surface area contributed by atoms with Crippen molar-refractivity contribution >= 4 is 11.0 Å². The summed E-state index contributed by atoms with van der Waals surface area (Å²) < 4.78 is 2.00. The van der Waals surface area contributed by atoms with E-state index in [1.54, 1.807) is 12.4 Å². The third kappa shape index (κ3) is 2.88. The first-order valence-electron chi connectivity index (χ1n) is 9.84. The Morgan fingerprint density at radius 3 is 2.96 bits per heavy atom. The first-order chi connectivity index (χ1) is 13.1. The Bertz CT molecular complexity index is 1050. The zero-order valence-electron chi connectivity index (χ0n) is 15.9. The van der Waals surface area contributed by atoms with Crippen molar-refractivity contribution in [2.45, 2.75) is 32.7 Å². The highest BCUT2D eigenvalue weighted by atomic mass is 16.1. The van der Waals surface area contributed by atoms with Gasteiger partial charge in [0.25, 0.3) is 5.56 Å². The summed E-state index contributed by atoms with van der Waals surface area (Å²) in [6, 6.07) is 5.91. The number of aromatic nitrogens is 4. The normalized spacial score (nSPS) is 22.3. The Balaban J connectivity index is 1.58. The molecule has 1 saturated heterocycles. The van der Waals surface area contributed by atoms with Gasteiger partial charge in [-0.3, -0.25) is 4.79 Å². The van der Waals surface area contributed by atoms with Crippen LogP contribution in [-0.2, 0) is 6.54 Å². The molecule has 6 nitrogen and oxygen atoms in total. The topological polar surface area (TPSA) is 66.8 Å². The van der Waals surface area contributed by atoms with Gasteiger partial charge in [0.15, 0.2) is 0 Å². The highest BCUT2D eigenvalue weighted by Gasteiger charge is 2.35. The van der Waals surface area contributed by atoms with Crippen molar-refractivity contribution in [3.63, 3.8) is 0 Å². The minimum atomic E-state index is 0.0943. The van der Waals surface area contributed by atoms with E-state index in [9.17, 15) is 4.79 Å². The Kier molecular flexibility index (Phi) is 3.90. The van der Waals surface area contributed by atoms with Crippen LogP contribution in [0, 0.1) is 11.8 Å². The first-order valence-corrected chi connectivity index (χ1v) is 9.84. The van der Waals surface area contributed by atoms with Gasteiger partial charge < -0.3 is 14.5 Å². The van der Waals surface area contributed by atoms with E-state index in [4.69, 9.17) is 0 Å². The average Bonchev–Trinajstić information content (AvgIpc) is 3.10. The lowest BCUT2D eigenvalue weighted by Crippen LogP contribution is -2.48. The second-order valence-corrected chi connectivity index (χ2v) is 8.49. The van der Waals surface area contributed by atoms with Gasteiger partial charge in [0.1, 0.15) is 12.0 Å². The molecule has 0 aromatic carbocycles. The first kappa shape index (κ1) is 16.7. The van der Waals surface area contributed by atoms with Gasteiger partial charge in [-0.15, -0.1) is 0 Å². The summed E-state index contributed by atoms with van der Waals surface area (Å²) >= 11 is 0. The Hall–Kier alpha value is -2.47. The van der Waals surface area contributed by atoms with Crippen molar-refractivity contribution in [3.8, 4) is 11.3 Å². The van der Waals surface area contributed by atoms with E-state index in [1.807, 2.05) is 16.8 Å². The highest BCUT2D eigenvalue weighted by Crippen LogP contribution is 2.37. The smallest absolute Gasteiger partial charge is 0.251 e. The van der Waals surface area contributed by atoms with E-state index < -0.39 is 0 Å². The number of rotatable bonds is 3. The van der Waals surface area contributed by atoms with Crippen LogP contribution in [-0.4, -0.2) is 44.1 Å². The fourth-order valence-corrected chi connectivity index (χ4v) is 4.96. The Morgan fingerprint density at radius 1 is 1.22 bits per heavy atom. The SMILES string of the molecule is CC(C)CN1C[C@@H]2C[C@H](C1)c1cc(-c3ncnc4[nH]ccc34)cc(=O)n1C2. The van der Waals surface area contributed by atoms with Gasteiger partial charge in [-0.25, -0.2) is 9.97 Å². The van der Waals surface area contributed by atoms with Crippen LogP contribution in [0.15, 0.2) is 35.5 Å². The fraction of sp³-hybridized carbons (Fsp3) is 0.476. The summed E-state index contributed by atoms with van der Waals surface area (Å²) in [6.07, 6.45) is 4.61. The quantitative estimate of drug-likeness (QED) is 0.777. The predicted octanol–water partition coefficient (Wildman–Crippen LogP) is 2.86. The van der Waals surface area contributed by atoms with Crippen LogP contribution in [0.25, 0.3) is 22.3 Å². The van der Waals surface area contributed by atoms with Crippen molar-refractivity contribution in [2.75, 3.05) is 19.6 Å². The molecule has 0 aliphatic carbocycles. The van der Waals surface area contributed by atoms with E-state index in [-0.39, 0.29) is 5.56 Å². The molecule has 3 aromatic heterocycles. The number of pyridine rings is 1. The molecular weight excluding hydrogens is 338 g/mol. The van der Waals surface area contributed by atoms with Gasteiger partial charge >= 0.3 is 0 Å². The second-order valence-electron chi connectivity index (χ2n) is 8.49. The summed E-state index contributed by atoms with van der Waals surface area (Å²) in [4.78, 5) is 27.4. The summed E-state index contributed by atoms with van der Waals surface area (Å²) in [5.41, 5.74) is 3.80. The molecule has 5 rings (SSSR count). The number of fused-ring (bicyclic) bond motifs is 5. The number of hydrogen-bond donors (Lipinski definition) is 1. The van der Waals surface area contributed by atoms with E-state index in [0.717, 1.165) is 48.5 Å². The summed E-state index contributed by atoms with van der Waals surface area (Å²) in [7, 11) is 0. The molecule has 0 unspecified atom stereocenters. The van der Waals surface area contributed by atoms with E-state index >= 15 is 0 Å². The monoisotopic (exact) mass is 363 g/mol. The molecule has 0 spiro atoms. The van der Waals surface area contributed by atoms with Crippen molar-refractivity contribution in [1.29, 1.82) is 0 Å². The molecule has 3 aromatic rings.